The number of hydrogen-bond donors (Lipinski definition) is 1. The van der Waals surface area contributed by atoms with E-state index >= 15 is 0 Å². The number of aromatic amines is 1. The van der Waals surface area contributed by atoms with Gasteiger partial charge in [-0.25, -0.2) is 13.6 Å². The van der Waals surface area contributed by atoms with Crippen LogP contribution in [0.3, 0.4) is 0 Å². The molecule has 0 saturated heterocycles. The molecule has 4 nitrogen and oxygen atoms in total. The van der Waals surface area contributed by atoms with Crippen LogP contribution in [-0.2, 0) is 4.74 Å². The highest BCUT2D eigenvalue weighted by Crippen LogP contribution is 2.24. The monoisotopic (exact) mass is 295 g/mol. The van der Waals surface area contributed by atoms with Crippen LogP contribution in [-0.4, -0.2) is 17.6 Å². The lowest BCUT2D eigenvalue weighted by Gasteiger charge is -2.05. The Kier molecular flexibility index (Phi) is 4.17. The largest absolute Gasteiger partial charge is 0.462 e. The molecule has 0 fully saturated rings. The minimum atomic E-state index is -2.82. The second-order valence-corrected chi connectivity index (χ2v) is 3.65. The lowest BCUT2D eigenvalue weighted by atomic mass is 10.2. The molecule has 0 radical (unpaired) electrons. The molecule has 16 heavy (non-hydrogen) atoms. The molecule has 0 aromatic carbocycles. The number of carbonyl (C=O) groups excluding carboxylic acids is 1. The second-order valence-electron chi connectivity index (χ2n) is 2.79. The van der Waals surface area contributed by atoms with E-state index in [1.54, 1.807) is 6.92 Å². The summed E-state index contributed by atoms with van der Waals surface area (Å²) in [6.45, 7) is 1.68. The van der Waals surface area contributed by atoms with E-state index in [1.807, 2.05) is 4.98 Å². The lowest BCUT2D eigenvalue weighted by Crippen LogP contribution is -2.21. The average Bonchev–Trinajstić information content (AvgIpc) is 2.20. The van der Waals surface area contributed by atoms with E-state index in [-0.39, 0.29) is 16.6 Å². The fraction of sp³-hybridized carbons (Fsp3) is 0.333. The quantitative estimate of drug-likeness (QED) is 0.870. The molecule has 0 aliphatic rings. The minimum Gasteiger partial charge on any atom is -0.462 e. The number of pyridine rings is 1. The van der Waals surface area contributed by atoms with Gasteiger partial charge in [0, 0.05) is 4.47 Å². The maximum Gasteiger partial charge on any atom is 0.343 e. The van der Waals surface area contributed by atoms with Gasteiger partial charge in [0.25, 0.3) is 12.0 Å². The van der Waals surface area contributed by atoms with Gasteiger partial charge in [0.2, 0.25) is 0 Å². The number of nitrogens with one attached hydrogen (secondary N) is 1. The molecule has 1 rings (SSSR count). The minimum absolute atomic E-state index is 0.0369. The SMILES string of the molecule is CCOC(=O)c1cc(Br)c(C(F)F)[nH]c1=O. The van der Waals surface area contributed by atoms with Gasteiger partial charge in [0.05, 0.1) is 12.3 Å². The summed E-state index contributed by atoms with van der Waals surface area (Å²) in [6, 6.07) is 1.03. The molecule has 0 amide bonds. The van der Waals surface area contributed by atoms with Crippen molar-refractivity contribution in [1.29, 1.82) is 0 Å². The molecule has 88 valence electrons. The van der Waals surface area contributed by atoms with Gasteiger partial charge in [-0.1, -0.05) is 0 Å². The second kappa shape index (κ2) is 5.20. The van der Waals surface area contributed by atoms with Crippen molar-refractivity contribution >= 4 is 21.9 Å². The summed E-state index contributed by atoms with van der Waals surface area (Å²) in [5.41, 5.74) is -1.76. The third kappa shape index (κ3) is 2.66. The summed E-state index contributed by atoms with van der Waals surface area (Å²) in [5, 5.41) is 0. The molecule has 0 unspecified atom stereocenters. The fourth-order valence-electron chi connectivity index (χ4n) is 1.04. The number of ether oxygens (including phenoxy) is 1. The van der Waals surface area contributed by atoms with Gasteiger partial charge in [-0.05, 0) is 28.9 Å². The molecule has 7 heteroatoms. The van der Waals surface area contributed by atoms with Gasteiger partial charge in [0.1, 0.15) is 5.56 Å². The van der Waals surface area contributed by atoms with Gasteiger partial charge < -0.3 is 9.72 Å². The van der Waals surface area contributed by atoms with Crippen LogP contribution in [0.1, 0.15) is 29.4 Å². The van der Waals surface area contributed by atoms with Crippen LogP contribution >= 0.6 is 15.9 Å². The molecule has 1 N–H and O–H groups in total. The zero-order valence-electron chi connectivity index (χ0n) is 8.22. The van der Waals surface area contributed by atoms with Gasteiger partial charge in [-0.3, -0.25) is 4.79 Å². The van der Waals surface area contributed by atoms with Gasteiger partial charge >= 0.3 is 5.97 Å². The Bertz CT molecular complexity index is 459. The molecular formula is C9H8BrF2NO3. The van der Waals surface area contributed by atoms with E-state index < -0.39 is 23.6 Å². The highest BCUT2D eigenvalue weighted by Gasteiger charge is 2.18. The fourth-order valence-corrected chi connectivity index (χ4v) is 1.54. The first kappa shape index (κ1) is 12.8. The smallest absolute Gasteiger partial charge is 0.343 e. The van der Waals surface area contributed by atoms with E-state index in [9.17, 15) is 18.4 Å². The summed E-state index contributed by atoms with van der Waals surface area (Å²) in [6.07, 6.45) is -2.82. The van der Waals surface area contributed by atoms with Crippen molar-refractivity contribution in [3.05, 3.63) is 32.2 Å². The Morgan fingerprint density at radius 2 is 2.25 bits per heavy atom. The summed E-state index contributed by atoms with van der Waals surface area (Å²) in [7, 11) is 0. The Hall–Kier alpha value is -1.24. The molecular weight excluding hydrogens is 288 g/mol. The molecule has 0 bridgehead atoms. The van der Waals surface area contributed by atoms with Crippen LogP contribution in [0.25, 0.3) is 0 Å². The average molecular weight is 296 g/mol. The highest BCUT2D eigenvalue weighted by molar-refractivity contribution is 9.10. The van der Waals surface area contributed by atoms with Crippen molar-refractivity contribution in [2.45, 2.75) is 13.3 Å². The van der Waals surface area contributed by atoms with Crippen LogP contribution in [0.5, 0.6) is 0 Å². The normalized spacial score (nSPS) is 10.6. The molecule has 0 spiro atoms. The molecule has 0 aliphatic heterocycles. The first-order chi connectivity index (χ1) is 7.47. The maximum atomic E-state index is 12.4. The Morgan fingerprint density at radius 3 is 2.75 bits per heavy atom. The summed E-state index contributed by atoms with van der Waals surface area (Å²) >= 11 is 2.84. The van der Waals surface area contributed by atoms with Crippen molar-refractivity contribution in [2.24, 2.45) is 0 Å². The topological polar surface area (TPSA) is 59.2 Å². The summed E-state index contributed by atoms with van der Waals surface area (Å²) in [5.74, 6) is -0.842. The van der Waals surface area contributed by atoms with Gasteiger partial charge in [-0.15, -0.1) is 0 Å². The van der Waals surface area contributed by atoms with E-state index in [4.69, 9.17) is 0 Å². The summed E-state index contributed by atoms with van der Waals surface area (Å²) < 4.78 is 29.3. The van der Waals surface area contributed by atoms with Crippen molar-refractivity contribution in [3.63, 3.8) is 0 Å². The van der Waals surface area contributed by atoms with E-state index in [2.05, 4.69) is 20.7 Å². The number of carbonyl (C=O) groups is 1. The first-order valence-electron chi connectivity index (χ1n) is 4.35. The number of halogens is 3. The Morgan fingerprint density at radius 1 is 1.62 bits per heavy atom. The molecule has 0 aliphatic carbocycles. The van der Waals surface area contributed by atoms with Gasteiger partial charge in [-0.2, -0.15) is 0 Å². The van der Waals surface area contributed by atoms with Crippen LogP contribution < -0.4 is 5.56 Å². The highest BCUT2D eigenvalue weighted by atomic mass is 79.9. The Labute approximate surface area is 97.7 Å². The number of rotatable bonds is 3. The van der Waals surface area contributed by atoms with E-state index in [0.29, 0.717) is 0 Å². The predicted molar refractivity (Wildman–Crippen MR) is 55.7 cm³/mol. The number of aromatic nitrogens is 1. The van der Waals surface area contributed by atoms with Crippen LogP contribution in [0.4, 0.5) is 8.78 Å². The van der Waals surface area contributed by atoms with Crippen LogP contribution in [0.2, 0.25) is 0 Å². The number of hydrogen-bond acceptors (Lipinski definition) is 3. The van der Waals surface area contributed by atoms with Gasteiger partial charge in [0.15, 0.2) is 0 Å². The zero-order chi connectivity index (χ0) is 12.3. The molecule has 1 aromatic rings. The van der Waals surface area contributed by atoms with E-state index in [0.717, 1.165) is 6.07 Å². The van der Waals surface area contributed by atoms with Crippen molar-refractivity contribution < 1.29 is 18.3 Å². The van der Waals surface area contributed by atoms with E-state index in [1.165, 1.54) is 0 Å². The molecule has 0 atom stereocenters. The number of alkyl halides is 2. The maximum absolute atomic E-state index is 12.4. The summed E-state index contributed by atoms with van der Waals surface area (Å²) in [4.78, 5) is 24.5. The van der Waals surface area contributed by atoms with Crippen LogP contribution in [0.15, 0.2) is 15.3 Å². The molecule has 1 aromatic heterocycles. The third-order valence-corrected chi connectivity index (χ3v) is 2.39. The third-order valence-electron chi connectivity index (χ3n) is 1.73. The predicted octanol–water partition coefficient (Wildman–Crippen LogP) is 2.25. The zero-order valence-corrected chi connectivity index (χ0v) is 9.81. The molecule has 1 heterocycles. The Balaban J connectivity index is 3.21. The first-order valence-corrected chi connectivity index (χ1v) is 5.14. The lowest BCUT2D eigenvalue weighted by molar-refractivity contribution is 0.0523. The number of esters is 1. The van der Waals surface area contributed by atoms with Crippen LogP contribution in [0, 0.1) is 0 Å². The van der Waals surface area contributed by atoms with Crippen molar-refractivity contribution in [2.75, 3.05) is 6.61 Å². The number of H-pyrrole nitrogens is 1. The van der Waals surface area contributed by atoms with Crippen molar-refractivity contribution in [1.82, 2.24) is 4.98 Å². The standard InChI is InChI=1S/C9H8BrF2NO3/c1-2-16-9(15)4-3-5(10)6(7(11)12)13-8(4)14/h3,7H,2H2,1H3,(H,13,14). The molecule has 0 saturated carbocycles. The van der Waals surface area contributed by atoms with Crippen molar-refractivity contribution in [3.8, 4) is 0 Å².